The third-order valence-corrected chi connectivity index (χ3v) is 3.71. The van der Waals surface area contributed by atoms with Crippen molar-refractivity contribution in [3.8, 4) is 0 Å². The summed E-state index contributed by atoms with van der Waals surface area (Å²) in [5.74, 6) is -0.404. The molecule has 2 rings (SSSR count). The van der Waals surface area contributed by atoms with Crippen molar-refractivity contribution in [2.45, 2.75) is 13.3 Å². The number of nitrogens with zero attached hydrogens (tertiary/aromatic N) is 1. The highest BCUT2D eigenvalue weighted by atomic mass is 32.1. The zero-order chi connectivity index (χ0) is 14.5. The molecule has 4 nitrogen and oxygen atoms in total. The smallest absolute Gasteiger partial charge is 0.357 e. The number of nitrogens with one attached hydrogen (secondary N) is 1. The van der Waals surface area contributed by atoms with Gasteiger partial charge in [-0.2, -0.15) is 0 Å². The van der Waals surface area contributed by atoms with Crippen molar-refractivity contribution in [3.63, 3.8) is 0 Å². The zero-order valence-electron chi connectivity index (χ0n) is 11.5. The van der Waals surface area contributed by atoms with Crippen LogP contribution in [0.15, 0.2) is 23.7 Å². The second-order valence-corrected chi connectivity index (χ2v) is 5.14. The van der Waals surface area contributed by atoms with E-state index in [1.165, 1.54) is 18.4 Å². The minimum absolute atomic E-state index is 0.356. The molecule has 0 saturated carbocycles. The number of ether oxygens (including phenoxy) is 1. The normalized spacial score (nSPS) is 12.2. The summed E-state index contributed by atoms with van der Waals surface area (Å²) >= 11 is 1.45. The average Bonchev–Trinajstić information content (AvgIpc) is 3.05. The summed E-state index contributed by atoms with van der Waals surface area (Å²) in [6.45, 7) is 6.04. The van der Waals surface area contributed by atoms with Crippen molar-refractivity contribution in [3.05, 3.63) is 50.6 Å². The van der Waals surface area contributed by atoms with E-state index in [1.54, 1.807) is 5.38 Å². The SMILES string of the molecule is C=c1c(Cc2nc(C(=O)OC)cs2)c[nH]/c1=C/C=C\C. The van der Waals surface area contributed by atoms with E-state index in [9.17, 15) is 4.79 Å². The van der Waals surface area contributed by atoms with Crippen LogP contribution < -0.4 is 10.6 Å². The molecule has 2 aromatic heterocycles. The van der Waals surface area contributed by atoms with Gasteiger partial charge in [-0.25, -0.2) is 9.78 Å². The van der Waals surface area contributed by atoms with E-state index in [-0.39, 0.29) is 0 Å². The molecule has 0 unspecified atom stereocenters. The molecule has 0 saturated heterocycles. The fourth-order valence-corrected chi connectivity index (χ4v) is 2.55. The van der Waals surface area contributed by atoms with Gasteiger partial charge in [-0.05, 0) is 23.8 Å². The summed E-state index contributed by atoms with van der Waals surface area (Å²) in [5.41, 5.74) is 1.43. The van der Waals surface area contributed by atoms with Gasteiger partial charge in [-0.3, -0.25) is 0 Å². The third-order valence-electron chi connectivity index (χ3n) is 2.86. The Balaban J connectivity index is 2.23. The molecule has 0 aromatic carbocycles. The van der Waals surface area contributed by atoms with Crippen molar-refractivity contribution in [1.82, 2.24) is 9.97 Å². The maximum atomic E-state index is 11.4. The van der Waals surface area contributed by atoms with Gasteiger partial charge in [0.1, 0.15) is 0 Å². The van der Waals surface area contributed by atoms with Crippen molar-refractivity contribution in [1.29, 1.82) is 0 Å². The molecule has 0 spiro atoms. The van der Waals surface area contributed by atoms with Gasteiger partial charge in [-0.1, -0.05) is 18.7 Å². The van der Waals surface area contributed by atoms with E-state index < -0.39 is 5.97 Å². The van der Waals surface area contributed by atoms with Crippen LogP contribution in [0.4, 0.5) is 0 Å². The van der Waals surface area contributed by atoms with E-state index >= 15 is 0 Å². The van der Waals surface area contributed by atoms with Gasteiger partial charge in [0.2, 0.25) is 0 Å². The summed E-state index contributed by atoms with van der Waals surface area (Å²) in [5, 5.41) is 4.52. The Labute approximate surface area is 121 Å². The molecule has 5 heteroatoms. The number of carbonyl (C=O) groups excluding carboxylic acids is 1. The van der Waals surface area contributed by atoms with E-state index in [4.69, 9.17) is 0 Å². The number of methoxy groups -OCH3 is 1. The lowest BCUT2D eigenvalue weighted by atomic mass is 10.2. The van der Waals surface area contributed by atoms with E-state index in [0.717, 1.165) is 21.1 Å². The predicted octanol–water partition coefficient (Wildman–Crippen LogP) is 1.62. The quantitative estimate of drug-likeness (QED) is 0.870. The molecule has 0 fully saturated rings. The Morgan fingerprint density at radius 1 is 1.60 bits per heavy atom. The average molecular weight is 288 g/mol. The molecule has 0 amide bonds. The summed E-state index contributed by atoms with van der Waals surface area (Å²) in [4.78, 5) is 18.8. The monoisotopic (exact) mass is 288 g/mol. The third kappa shape index (κ3) is 3.05. The van der Waals surface area contributed by atoms with Gasteiger partial charge in [0.25, 0.3) is 0 Å². The summed E-state index contributed by atoms with van der Waals surface area (Å²) in [7, 11) is 1.35. The number of rotatable bonds is 4. The molecule has 0 aliphatic heterocycles. The largest absolute Gasteiger partial charge is 0.464 e. The minimum atomic E-state index is -0.404. The number of carbonyl (C=O) groups is 1. The van der Waals surface area contributed by atoms with Crippen molar-refractivity contribution < 1.29 is 9.53 Å². The first-order chi connectivity index (χ1) is 9.65. The molecule has 0 bridgehead atoms. The lowest BCUT2D eigenvalue weighted by molar-refractivity contribution is 0.0594. The predicted molar refractivity (Wildman–Crippen MR) is 81.1 cm³/mol. The second-order valence-electron chi connectivity index (χ2n) is 4.19. The fourth-order valence-electron chi connectivity index (χ4n) is 1.76. The van der Waals surface area contributed by atoms with Crippen LogP contribution in [0.3, 0.4) is 0 Å². The van der Waals surface area contributed by atoms with Crippen molar-refractivity contribution >= 4 is 30.0 Å². The van der Waals surface area contributed by atoms with Gasteiger partial charge >= 0.3 is 5.97 Å². The minimum Gasteiger partial charge on any atom is -0.464 e. The molecule has 0 atom stereocenters. The van der Waals surface area contributed by atoms with Crippen LogP contribution in [0.2, 0.25) is 0 Å². The summed E-state index contributed by atoms with van der Waals surface area (Å²) < 4.78 is 4.65. The Bertz CT molecular complexity index is 740. The van der Waals surface area contributed by atoms with Crippen LogP contribution in [0.5, 0.6) is 0 Å². The highest BCUT2D eigenvalue weighted by Crippen LogP contribution is 2.13. The number of thiazole rings is 1. The maximum absolute atomic E-state index is 11.4. The number of esters is 1. The Morgan fingerprint density at radius 2 is 2.40 bits per heavy atom. The van der Waals surface area contributed by atoms with Crippen molar-refractivity contribution in [2.24, 2.45) is 0 Å². The molecular weight excluding hydrogens is 272 g/mol. The van der Waals surface area contributed by atoms with Crippen LogP contribution in [-0.4, -0.2) is 23.0 Å². The standard InChI is InChI=1S/C15H16N2O2S/c1-4-5-6-12-10(2)11(8-16-12)7-14-17-13(9-20-14)15(18)19-3/h4-6,8-9,16H,2,7H2,1,3H3/b5-4-,12-6+. The molecule has 2 heterocycles. The fraction of sp³-hybridized carbons (Fsp3) is 0.200. The Kier molecular flexibility index (Phi) is 4.53. The topological polar surface area (TPSA) is 55.0 Å². The molecule has 0 radical (unpaired) electrons. The van der Waals surface area contributed by atoms with Crippen molar-refractivity contribution in [2.75, 3.05) is 7.11 Å². The van der Waals surface area contributed by atoms with Gasteiger partial charge in [-0.15, -0.1) is 11.3 Å². The van der Waals surface area contributed by atoms with Crippen LogP contribution >= 0.6 is 11.3 Å². The zero-order valence-corrected chi connectivity index (χ0v) is 12.3. The van der Waals surface area contributed by atoms with E-state index in [0.29, 0.717) is 12.1 Å². The highest BCUT2D eigenvalue weighted by molar-refractivity contribution is 7.09. The molecule has 104 valence electrons. The number of aromatic amines is 1. The van der Waals surface area contributed by atoms with E-state index in [1.807, 2.05) is 31.3 Å². The van der Waals surface area contributed by atoms with Crippen LogP contribution in [-0.2, 0) is 11.2 Å². The maximum Gasteiger partial charge on any atom is 0.357 e. The number of H-pyrrole nitrogens is 1. The first kappa shape index (κ1) is 14.3. The molecular formula is C15H16N2O2S. The molecule has 0 aliphatic rings. The lowest BCUT2D eigenvalue weighted by Crippen LogP contribution is -2.23. The second kappa shape index (κ2) is 6.34. The number of aromatic nitrogens is 2. The number of hydrogen-bond donors (Lipinski definition) is 1. The van der Waals surface area contributed by atoms with Gasteiger partial charge < -0.3 is 9.72 Å². The molecule has 1 N–H and O–H groups in total. The first-order valence-electron chi connectivity index (χ1n) is 6.16. The van der Waals surface area contributed by atoms with E-state index in [2.05, 4.69) is 21.3 Å². The Morgan fingerprint density at radius 3 is 3.10 bits per heavy atom. The van der Waals surface area contributed by atoms with Crippen LogP contribution in [0, 0.1) is 0 Å². The summed E-state index contributed by atoms with van der Waals surface area (Å²) in [6.07, 6.45) is 8.48. The van der Waals surface area contributed by atoms with Crippen LogP contribution in [0.1, 0.15) is 28.0 Å². The number of hydrogen-bond acceptors (Lipinski definition) is 4. The summed E-state index contributed by atoms with van der Waals surface area (Å²) in [6, 6.07) is 0. The molecule has 20 heavy (non-hydrogen) atoms. The molecule has 2 aromatic rings. The first-order valence-corrected chi connectivity index (χ1v) is 7.04. The van der Waals surface area contributed by atoms with Gasteiger partial charge in [0, 0.05) is 23.3 Å². The highest BCUT2D eigenvalue weighted by Gasteiger charge is 2.11. The number of allylic oxidation sites excluding steroid dienone is 2. The van der Waals surface area contributed by atoms with Gasteiger partial charge in [0.05, 0.1) is 12.1 Å². The lowest BCUT2D eigenvalue weighted by Gasteiger charge is -1.93. The Hall–Kier alpha value is -2.14. The van der Waals surface area contributed by atoms with Gasteiger partial charge in [0.15, 0.2) is 5.69 Å². The van der Waals surface area contributed by atoms with Crippen LogP contribution in [0.25, 0.3) is 12.7 Å². The molecule has 0 aliphatic carbocycles.